The molecule has 0 spiro atoms. The van der Waals surface area contributed by atoms with Gasteiger partial charge in [-0.2, -0.15) is 0 Å². The highest BCUT2D eigenvalue weighted by Gasteiger charge is 2.22. The second kappa shape index (κ2) is 8.31. The molecule has 1 heterocycles. The normalized spacial score (nSPS) is 11.5. The molecule has 0 unspecified atom stereocenters. The van der Waals surface area contributed by atoms with Crippen LogP contribution in [-0.4, -0.2) is 29.6 Å². The maximum atomic E-state index is 12.2. The van der Waals surface area contributed by atoms with Crippen molar-refractivity contribution in [3.63, 3.8) is 0 Å². The molecular weight excluding hydrogens is 332 g/mol. The number of rotatable bonds is 6. The van der Waals surface area contributed by atoms with E-state index < -0.39 is 18.0 Å². The van der Waals surface area contributed by atoms with Gasteiger partial charge in [0.25, 0.3) is 5.91 Å². The first kappa shape index (κ1) is 17.7. The number of nitrogens with zero attached hydrogens (tertiary/aromatic N) is 1. The van der Waals surface area contributed by atoms with Gasteiger partial charge in [0.1, 0.15) is 5.56 Å². The van der Waals surface area contributed by atoms with Gasteiger partial charge in [0.05, 0.1) is 6.61 Å². The molecule has 1 atom stereocenters. The Hall–Kier alpha value is -2.60. The number of esters is 1. The number of hydrogen-bond acceptors (Lipinski definition) is 5. The fourth-order valence-electron chi connectivity index (χ4n) is 1.89. The lowest BCUT2D eigenvalue weighted by atomic mass is 10.2. The van der Waals surface area contributed by atoms with Crippen molar-refractivity contribution in [3.05, 3.63) is 53.2 Å². The van der Waals surface area contributed by atoms with E-state index in [-0.39, 0.29) is 11.4 Å². The van der Waals surface area contributed by atoms with E-state index in [0.29, 0.717) is 17.3 Å². The lowest BCUT2D eigenvalue weighted by molar-refractivity contribution is -0.123. The van der Waals surface area contributed by atoms with Crippen LogP contribution >= 0.6 is 11.6 Å². The minimum Gasteiger partial charge on any atom is -0.477 e. The minimum absolute atomic E-state index is 0.168. The largest absolute Gasteiger partial charge is 0.477 e. The number of aromatic nitrogens is 1. The zero-order valence-corrected chi connectivity index (χ0v) is 14.0. The van der Waals surface area contributed by atoms with Gasteiger partial charge in [-0.3, -0.25) is 4.79 Å². The second-order valence-electron chi connectivity index (χ2n) is 4.84. The Bertz CT molecular complexity index is 736. The summed E-state index contributed by atoms with van der Waals surface area (Å²) in [6.45, 7) is 3.63. The number of hydrogen-bond donors (Lipinski definition) is 1. The number of carbonyl (C=O) groups is 2. The Labute approximate surface area is 144 Å². The predicted molar refractivity (Wildman–Crippen MR) is 90.4 cm³/mol. The van der Waals surface area contributed by atoms with Crippen LogP contribution in [0.15, 0.2) is 42.6 Å². The molecule has 0 aliphatic carbocycles. The number of pyridine rings is 1. The molecule has 6 nitrogen and oxygen atoms in total. The molecule has 7 heteroatoms. The van der Waals surface area contributed by atoms with Crippen molar-refractivity contribution in [3.8, 4) is 5.88 Å². The first-order chi connectivity index (χ1) is 11.5. The summed E-state index contributed by atoms with van der Waals surface area (Å²) in [5, 5.41) is 3.13. The van der Waals surface area contributed by atoms with Crippen LogP contribution in [0.4, 0.5) is 5.69 Å². The zero-order valence-electron chi connectivity index (χ0n) is 13.3. The van der Waals surface area contributed by atoms with Gasteiger partial charge < -0.3 is 14.8 Å². The second-order valence-corrected chi connectivity index (χ2v) is 5.27. The molecule has 1 aromatic heterocycles. The van der Waals surface area contributed by atoms with Crippen molar-refractivity contribution in [1.29, 1.82) is 0 Å². The van der Waals surface area contributed by atoms with Gasteiger partial charge in [-0.15, -0.1) is 0 Å². The number of nitrogens with one attached hydrogen (secondary N) is 1. The first-order valence-electron chi connectivity index (χ1n) is 7.36. The van der Waals surface area contributed by atoms with Gasteiger partial charge in [-0.1, -0.05) is 17.7 Å². The summed E-state index contributed by atoms with van der Waals surface area (Å²) in [5.41, 5.74) is 0.688. The van der Waals surface area contributed by atoms with Crippen molar-refractivity contribution >= 4 is 29.2 Å². The molecule has 0 radical (unpaired) electrons. The van der Waals surface area contributed by atoms with Crippen molar-refractivity contribution in [1.82, 2.24) is 4.98 Å². The van der Waals surface area contributed by atoms with Crippen LogP contribution in [0.1, 0.15) is 24.2 Å². The van der Waals surface area contributed by atoms with Crippen LogP contribution in [0.2, 0.25) is 5.02 Å². The Morgan fingerprint density at radius 2 is 2.08 bits per heavy atom. The Morgan fingerprint density at radius 3 is 2.79 bits per heavy atom. The molecular formula is C17H17ClN2O4. The first-order valence-corrected chi connectivity index (χ1v) is 7.74. The van der Waals surface area contributed by atoms with E-state index in [1.54, 1.807) is 37.3 Å². The van der Waals surface area contributed by atoms with E-state index in [9.17, 15) is 9.59 Å². The standard InChI is InChI=1S/C17H17ClN2O4/c1-3-23-16-14(8-5-9-19-16)17(22)24-11(2)15(21)20-13-7-4-6-12(18)10-13/h4-11H,3H2,1-2H3,(H,20,21)/t11-/m1/s1. The highest BCUT2D eigenvalue weighted by atomic mass is 35.5. The van der Waals surface area contributed by atoms with E-state index in [1.807, 2.05) is 0 Å². The van der Waals surface area contributed by atoms with Gasteiger partial charge in [-0.25, -0.2) is 9.78 Å². The molecule has 0 aliphatic heterocycles. The van der Waals surface area contributed by atoms with Gasteiger partial charge in [0, 0.05) is 16.9 Å². The van der Waals surface area contributed by atoms with Gasteiger partial charge in [-0.05, 0) is 44.2 Å². The number of carbonyl (C=O) groups excluding carboxylic acids is 2. The topological polar surface area (TPSA) is 77.5 Å². The Kier molecular flexibility index (Phi) is 6.14. The molecule has 0 saturated carbocycles. The summed E-state index contributed by atoms with van der Waals surface area (Å²) in [6.07, 6.45) is 0.517. The van der Waals surface area contributed by atoms with Crippen molar-refractivity contribution in [2.24, 2.45) is 0 Å². The maximum Gasteiger partial charge on any atom is 0.344 e. The average Bonchev–Trinajstić information content (AvgIpc) is 2.55. The van der Waals surface area contributed by atoms with Crippen LogP contribution in [0.25, 0.3) is 0 Å². The monoisotopic (exact) mass is 348 g/mol. The van der Waals surface area contributed by atoms with E-state index >= 15 is 0 Å². The molecule has 1 amide bonds. The van der Waals surface area contributed by atoms with Crippen LogP contribution in [0.3, 0.4) is 0 Å². The summed E-state index contributed by atoms with van der Waals surface area (Å²) in [6, 6.07) is 9.81. The molecule has 0 saturated heterocycles. The molecule has 0 bridgehead atoms. The van der Waals surface area contributed by atoms with E-state index in [0.717, 1.165) is 0 Å². The molecule has 1 N–H and O–H groups in total. The lowest BCUT2D eigenvalue weighted by Gasteiger charge is -2.14. The molecule has 2 aromatic rings. The third-order valence-electron chi connectivity index (χ3n) is 3.02. The molecule has 0 fully saturated rings. The van der Waals surface area contributed by atoms with Crippen LogP contribution in [-0.2, 0) is 9.53 Å². The zero-order chi connectivity index (χ0) is 17.5. The van der Waals surface area contributed by atoms with Gasteiger partial charge >= 0.3 is 5.97 Å². The molecule has 0 aliphatic rings. The van der Waals surface area contributed by atoms with Crippen molar-refractivity contribution in [2.45, 2.75) is 20.0 Å². The predicted octanol–water partition coefficient (Wildman–Crippen LogP) is 3.32. The maximum absolute atomic E-state index is 12.2. The van der Waals surface area contributed by atoms with E-state index in [2.05, 4.69) is 10.3 Å². The Balaban J connectivity index is 2.02. The van der Waals surface area contributed by atoms with Crippen molar-refractivity contribution < 1.29 is 19.1 Å². The summed E-state index contributed by atoms with van der Waals surface area (Å²) in [7, 11) is 0. The summed E-state index contributed by atoms with van der Waals surface area (Å²) in [5.74, 6) is -0.972. The van der Waals surface area contributed by atoms with Gasteiger partial charge in [0.15, 0.2) is 6.10 Å². The van der Waals surface area contributed by atoms with Crippen LogP contribution in [0, 0.1) is 0 Å². The highest BCUT2D eigenvalue weighted by Crippen LogP contribution is 2.18. The fraction of sp³-hybridized carbons (Fsp3) is 0.235. The van der Waals surface area contributed by atoms with Gasteiger partial charge in [0.2, 0.25) is 5.88 Å². The lowest BCUT2D eigenvalue weighted by Crippen LogP contribution is -2.30. The highest BCUT2D eigenvalue weighted by molar-refractivity contribution is 6.30. The average molecular weight is 349 g/mol. The quantitative estimate of drug-likeness (QED) is 0.810. The van der Waals surface area contributed by atoms with Crippen LogP contribution < -0.4 is 10.1 Å². The number of amides is 1. The fourth-order valence-corrected chi connectivity index (χ4v) is 2.08. The summed E-state index contributed by atoms with van der Waals surface area (Å²) in [4.78, 5) is 28.3. The van der Waals surface area contributed by atoms with Crippen molar-refractivity contribution in [2.75, 3.05) is 11.9 Å². The number of halogens is 1. The third-order valence-corrected chi connectivity index (χ3v) is 3.25. The number of ether oxygens (including phenoxy) is 2. The smallest absolute Gasteiger partial charge is 0.344 e. The summed E-state index contributed by atoms with van der Waals surface area (Å²) < 4.78 is 10.5. The molecule has 126 valence electrons. The van der Waals surface area contributed by atoms with Crippen LogP contribution in [0.5, 0.6) is 5.88 Å². The molecule has 1 aromatic carbocycles. The summed E-state index contributed by atoms with van der Waals surface area (Å²) >= 11 is 5.86. The number of benzene rings is 1. The minimum atomic E-state index is -0.994. The van der Waals surface area contributed by atoms with E-state index in [1.165, 1.54) is 19.2 Å². The number of anilines is 1. The third kappa shape index (κ3) is 4.70. The molecule has 24 heavy (non-hydrogen) atoms. The molecule has 2 rings (SSSR count). The SMILES string of the molecule is CCOc1ncccc1C(=O)O[C@H](C)C(=O)Nc1cccc(Cl)c1. The van der Waals surface area contributed by atoms with E-state index in [4.69, 9.17) is 21.1 Å². The Morgan fingerprint density at radius 1 is 1.29 bits per heavy atom.